The molecule has 1 amide bonds. The van der Waals surface area contributed by atoms with Gasteiger partial charge in [-0.3, -0.25) is 9.78 Å². The van der Waals surface area contributed by atoms with Gasteiger partial charge in [0.05, 0.1) is 31.3 Å². The first kappa shape index (κ1) is 21.2. The van der Waals surface area contributed by atoms with Crippen LogP contribution in [0.15, 0.2) is 67.1 Å². The van der Waals surface area contributed by atoms with Crippen molar-refractivity contribution in [2.45, 2.75) is 25.4 Å². The van der Waals surface area contributed by atoms with Crippen molar-refractivity contribution in [3.8, 4) is 5.75 Å². The summed E-state index contributed by atoms with van der Waals surface area (Å²) in [6.45, 7) is 4.38. The van der Waals surface area contributed by atoms with E-state index in [1.165, 1.54) is 11.3 Å². The van der Waals surface area contributed by atoms with E-state index in [9.17, 15) is 4.79 Å². The predicted molar refractivity (Wildman–Crippen MR) is 129 cm³/mol. The first-order valence-corrected chi connectivity index (χ1v) is 11.4. The van der Waals surface area contributed by atoms with Crippen LogP contribution in [0.3, 0.4) is 0 Å². The van der Waals surface area contributed by atoms with Crippen molar-refractivity contribution < 1.29 is 9.53 Å². The lowest BCUT2D eigenvalue weighted by Crippen LogP contribution is -2.61. The van der Waals surface area contributed by atoms with Crippen LogP contribution in [0.1, 0.15) is 24.1 Å². The van der Waals surface area contributed by atoms with Crippen molar-refractivity contribution in [2.24, 2.45) is 5.92 Å². The first-order valence-electron chi connectivity index (χ1n) is 11.4. The molecule has 0 radical (unpaired) electrons. The van der Waals surface area contributed by atoms with E-state index < -0.39 is 0 Å². The molecule has 3 heterocycles. The summed E-state index contributed by atoms with van der Waals surface area (Å²) in [7, 11) is 1.69. The number of ether oxygens (including phenoxy) is 1. The summed E-state index contributed by atoms with van der Waals surface area (Å²) in [6, 6.07) is 16.3. The van der Waals surface area contributed by atoms with Gasteiger partial charge in [-0.05, 0) is 30.5 Å². The number of benzene rings is 2. The van der Waals surface area contributed by atoms with Gasteiger partial charge >= 0.3 is 0 Å². The molecule has 1 aromatic heterocycles. The number of anilines is 2. The van der Waals surface area contributed by atoms with E-state index in [0.717, 1.165) is 30.2 Å². The van der Waals surface area contributed by atoms with Gasteiger partial charge in [0, 0.05) is 43.8 Å². The van der Waals surface area contributed by atoms with Crippen molar-refractivity contribution >= 4 is 17.4 Å². The Kier molecular flexibility index (Phi) is 5.86. The van der Waals surface area contributed by atoms with Crippen molar-refractivity contribution in [1.82, 2.24) is 15.3 Å². The number of hydrogen-bond donors (Lipinski definition) is 1. The number of piperazine rings is 1. The van der Waals surface area contributed by atoms with Crippen LogP contribution in [-0.2, 0) is 11.2 Å². The highest BCUT2D eigenvalue weighted by Gasteiger charge is 2.42. The Bertz CT molecular complexity index is 1110. The minimum atomic E-state index is -0.170. The van der Waals surface area contributed by atoms with Crippen LogP contribution in [0, 0.1) is 5.92 Å². The first-order chi connectivity index (χ1) is 16.1. The fourth-order valence-electron chi connectivity index (χ4n) is 5.01. The van der Waals surface area contributed by atoms with Crippen LogP contribution in [0.5, 0.6) is 5.75 Å². The third-order valence-electron chi connectivity index (χ3n) is 6.79. The molecule has 5 rings (SSSR count). The summed E-state index contributed by atoms with van der Waals surface area (Å²) in [5.41, 5.74) is 3.46. The predicted octanol–water partition coefficient (Wildman–Crippen LogP) is 3.23. The van der Waals surface area contributed by atoms with E-state index in [-0.39, 0.29) is 23.9 Å². The number of amides is 1. The van der Waals surface area contributed by atoms with Crippen molar-refractivity contribution in [3.63, 3.8) is 0 Å². The van der Waals surface area contributed by atoms with Gasteiger partial charge in [-0.1, -0.05) is 36.4 Å². The van der Waals surface area contributed by atoms with Gasteiger partial charge < -0.3 is 19.9 Å². The van der Waals surface area contributed by atoms with E-state index in [1.54, 1.807) is 25.7 Å². The molecule has 170 valence electrons. The average Bonchev–Trinajstić information content (AvgIpc) is 2.88. The number of nitrogens with one attached hydrogen (secondary N) is 1. The number of fused-ring (bicyclic) bond motifs is 3. The molecule has 2 aliphatic heterocycles. The normalized spacial score (nSPS) is 20.4. The molecule has 0 unspecified atom stereocenters. The highest BCUT2D eigenvalue weighted by Crippen LogP contribution is 2.39. The quantitative estimate of drug-likeness (QED) is 0.653. The molecule has 0 spiro atoms. The molecule has 33 heavy (non-hydrogen) atoms. The summed E-state index contributed by atoms with van der Waals surface area (Å²) in [4.78, 5) is 27.0. The van der Waals surface area contributed by atoms with Crippen LogP contribution in [0.4, 0.5) is 11.5 Å². The SMILES string of the molecule is COc1ccc2c(c1)N1CCN(c3cnccn3)C[C@@H]1[C@@H](C(=O)N[C@@H](C)c1ccccc1)C2. The van der Waals surface area contributed by atoms with Gasteiger partial charge in [0.1, 0.15) is 11.6 Å². The summed E-state index contributed by atoms with van der Waals surface area (Å²) in [6.07, 6.45) is 5.89. The smallest absolute Gasteiger partial charge is 0.226 e. The van der Waals surface area contributed by atoms with Gasteiger partial charge in [0.2, 0.25) is 5.91 Å². The summed E-state index contributed by atoms with van der Waals surface area (Å²) < 4.78 is 5.49. The second kappa shape index (κ2) is 9.10. The third kappa shape index (κ3) is 4.23. The van der Waals surface area contributed by atoms with E-state index in [4.69, 9.17) is 4.74 Å². The van der Waals surface area contributed by atoms with Gasteiger partial charge in [-0.25, -0.2) is 4.98 Å². The summed E-state index contributed by atoms with van der Waals surface area (Å²) >= 11 is 0. The molecule has 0 aliphatic carbocycles. The average molecular weight is 444 g/mol. The molecule has 0 saturated carbocycles. The number of hydrogen-bond acceptors (Lipinski definition) is 6. The number of nitrogens with zero attached hydrogens (tertiary/aromatic N) is 4. The Morgan fingerprint density at radius 3 is 2.76 bits per heavy atom. The molecule has 1 fully saturated rings. The standard InChI is InChI=1S/C26H29N5O2/c1-18(19-6-4-3-5-7-19)29-26(32)22-14-20-8-9-21(33-2)15-23(20)31-13-12-30(17-24(22)31)25-16-27-10-11-28-25/h3-11,15-16,18,22,24H,12-14,17H2,1-2H3,(H,29,32)/t18-,22-,24+/m0/s1. The van der Waals surface area contributed by atoms with Crippen molar-refractivity contribution in [2.75, 3.05) is 36.5 Å². The molecule has 0 bridgehead atoms. The number of carbonyl (C=O) groups is 1. The fourth-order valence-corrected chi connectivity index (χ4v) is 5.01. The lowest BCUT2D eigenvalue weighted by Gasteiger charge is -2.49. The number of rotatable bonds is 5. The molecule has 1 N–H and O–H groups in total. The number of aromatic nitrogens is 2. The molecule has 7 nitrogen and oxygen atoms in total. The van der Waals surface area contributed by atoms with Crippen molar-refractivity contribution in [3.05, 3.63) is 78.2 Å². The monoisotopic (exact) mass is 443 g/mol. The zero-order valence-corrected chi connectivity index (χ0v) is 19.0. The minimum Gasteiger partial charge on any atom is -0.497 e. The molecule has 3 aromatic rings. The summed E-state index contributed by atoms with van der Waals surface area (Å²) in [5.74, 6) is 1.61. The lowest BCUT2D eigenvalue weighted by atomic mass is 9.83. The highest BCUT2D eigenvalue weighted by atomic mass is 16.5. The summed E-state index contributed by atoms with van der Waals surface area (Å²) in [5, 5.41) is 3.27. The maximum atomic E-state index is 13.6. The van der Waals surface area contributed by atoms with E-state index >= 15 is 0 Å². The Balaban J connectivity index is 1.44. The zero-order chi connectivity index (χ0) is 22.8. The third-order valence-corrected chi connectivity index (χ3v) is 6.79. The van der Waals surface area contributed by atoms with Gasteiger partial charge in [0.15, 0.2) is 0 Å². The second-order valence-electron chi connectivity index (χ2n) is 8.72. The second-order valence-corrected chi connectivity index (χ2v) is 8.72. The number of carbonyl (C=O) groups excluding carboxylic acids is 1. The molecule has 2 aromatic carbocycles. The Labute approximate surface area is 194 Å². The molecule has 7 heteroatoms. The Hall–Kier alpha value is -3.61. The number of methoxy groups -OCH3 is 1. The van der Waals surface area contributed by atoms with Gasteiger partial charge in [-0.2, -0.15) is 0 Å². The van der Waals surface area contributed by atoms with Crippen LogP contribution in [0.25, 0.3) is 0 Å². The van der Waals surface area contributed by atoms with E-state index in [1.807, 2.05) is 31.2 Å². The Morgan fingerprint density at radius 2 is 2.00 bits per heavy atom. The van der Waals surface area contributed by atoms with Crippen LogP contribution >= 0.6 is 0 Å². The van der Waals surface area contributed by atoms with Gasteiger partial charge in [-0.15, -0.1) is 0 Å². The van der Waals surface area contributed by atoms with Gasteiger partial charge in [0.25, 0.3) is 0 Å². The molecule has 1 saturated heterocycles. The minimum absolute atomic E-state index is 0.0309. The van der Waals surface area contributed by atoms with Crippen LogP contribution in [0.2, 0.25) is 0 Å². The topological polar surface area (TPSA) is 70.6 Å². The fraction of sp³-hybridized carbons (Fsp3) is 0.346. The van der Waals surface area contributed by atoms with Crippen LogP contribution < -0.4 is 19.9 Å². The zero-order valence-electron chi connectivity index (χ0n) is 19.0. The molecule has 2 aliphatic rings. The largest absolute Gasteiger partial charge is 0.497 e. The molecular formula is C26H29N5O2. The Morgan fingerprint density at radius 1 is 1.15 bits per heavy atom. The lowest BCUT2D eigenvalue weighted by molar-refractivity contribution is -0.126. The maximum Gasteiger partial charge on any atom is 0.226 e. The van der Waals surface area contributed by atoms with E-state index in [0.29, 0.717) is 13.0 Å². The van der Waals surface area contributed by atoms with Crippen LogP contribution in [-0.4, -0.2) is 48.7 Å². The maximum absolute atomic E-state index is 13.6. The molecule has 3 atom stereocenters. The highest BCUT2D eigenvalue weighted by molar-refractivity contribution is 5.83. The molecular weight excluding hydrogens is 414 g/mol. The van der Waals surface area contributed by atoms with Crippen molar-refractivity contribution in [1.29, 1.82) is 0 Å². The van der Waals surface area contributed by atoms with E-state index in [2.05, 4.69) is 49.4 Å².